The van der Waals surface area contributed by atoms with Gasteiger partial charge < -0.3 is 14.8 Å². The van der Waals surface area contributed by atoms with Gasteiger partial charge in [-0.15, -0.1) is 0 Å². The molecule has 0 saturated carbocycles. The summed E-state index contributed by atoms with van der Waals surface area (Å²) in [5.74, 6) is 2.48. The zero-order valence-electron chi connectivity index (χ0n) is 24.4. The molecule has 1 aliphatic carbocycles. The van der Waals surface area contributed by atoms with Crippen LogP contribution in [0.25, 0.3) is 0 Å². The van der Waals surface area contributed by atoms with Crippen LogP contribution in [-0.4, -0.2) is 12.8 Å². The van der Waals surface area contributed by atoms with E-state index < -0.39 is 0 Å². The Morgan fingerprint density at radius 1 is 0.829 bits per heavy atom. The molecule has 1 heterocycles. The normalized spacial score (nSPS) is 19.1. The highest BCUT2D eigenvalue weighted by Crippen LogP contribution is 2.50. The first-order chi connectivity index (χ1) is 20.0. The van der Waals surface area contributed by atoms with Gasteiger partial charge >= 0.3 is 0 Å². The summed E-state index contributed by atoms with van der Waals surface area (Å²) in [4.78, 5) is 4.76. The van der Waals surface area contributed by atoms with E-state index >= 15 is 0 Å². The Balaban J connectivity index is 1.15. The lowest BCUT2D eigenvalue weighted by Gasteiger charge is -2.37. The molecule has 0 bridgehead atoms. The minimum atomic E-state index is 0.285. The lowest BCUT2D eigenvalue weighted by Crippen LogP contribution is -2.29. The van der Waals surface area contributed by atoms with Gasteiger partial charge in [-0.1, -0.05) is 71.3 Å². The Hall–Kier alpha value is -4.31. The van der Waals surface area contributed by atoms with E-state index in [1.807, 2.05) is 31.3 Å². The van der Waals surface area contributed by atoms with Crippen LogP contribution in [0.3, 0.4) is 0 Å². The quantitative estimate of drug-likeness (QED) is 0.178. The average molecular weight is 543 g/mol. The molecule has 3 atom stereocenters. The lowest BCUT2D eigenvalue weighted by atomic mass is 9.76. The number of allylic oxidation sites excluding steroid dienone is 2. The van der Waals surface area contributed by atoms with Crippen molar-refractivity contribution < 1.29 is 9.47 Å². The molecule has 4 aromatic carbocycles. The highest BCUT2D eigenvalue weighted by molar-refractivity contribution is 5.83. The fourth-order valence-electron chi connectivity index (χ4n) is 6.27. The number of ether oxygens (including phenoxy) is 2. The average Bonchev–Trinajstić information content (AvgIpc) is 3.46. The highest BCUT2D eigenvalue weighted by atomic mass is 16.5. The monoisotopic (exact) mass is 542 g/mol. The lowest BCUT2D eigenvalue weighted by molar-refractivity contribution is 0.269. The van der Waals surface area contributed by atoms with E-state index in [0.29, 0.717) is 25.0 Å². The minimum Gasteiger partial charge on any atom is -0.490 e. The predicted molar refractivity (Wildman–Crippen MR) is 169 cm³/mol. The second-order valence-electron chi connectivity index (χ2n) is 11.3. The summed E-state index contributed by atoms with van der Waals surface area (Å²) < 4.78 is 12.1. The van der Waals surface area contributed by atoms with Crippen LogP contribution in [0.2, 0.25) is 0 Å². The van der Waals surface area contributed by atoms with Crippen molar-refractivity contribution in [1.29, 1.82) is 0 Å². The largest absolute Gasteiger partial charge is 0.490 e. The topological polar surface area (TPSA) is 42.8 Å². The molecular formula is C37H38N2O2. The van der Waals surface area contributed by atoms with Crippen LogP contribution in [0.5, 0.6) is 11.5 Å². The maximum absolute atomic E-state index is 6.15. The van der Waals surface area contributed by atoms with Crippen LogP contribution in [0.15, 0.2) is 96.0 Å². The summed E-state index contributed by atoms with van der Waals surface area (Å²) in [5, 5.41) is 3.83. The maximum Gasteiger partial charge on any atom is 0.161 e. The Bertz CT molecular complexity index is 1580. The van der Waals surface area contributed by atoms with Crippen molar-refractivity contribution in [3.05, 3.63) is 130 Å². The fraction of sp³-hybridized carbons (Fsp3) is 0.270. The number of anilines is 1. The van der Waals surface area contributed by atoms with E-state index in [2.05, 4.69) is 98.9 Å². The number of nitrogens with zero attached hydrogens (tertiary/aromatic N) is 1. The molecule has 0 unspecified atom stereocenters. The van der Waals surface area contributed by atoms with E-state index in [1.165, 1.54) is 33.5 Å². The molecule has 0 radical (unpaired) electrons. The summed E-state index contributed by atoms with van der Waals surface area (Å²) in [5.41, 5.74) is 10.8. The van der Waals surface area contributed by atoms with Gasteiger partial charge in [-0.05, 0) is 98.7 Å². The predicted octanol–water partition coefficient (Wildman–Crippen LogP) is 9.17. The van der Waals surface area contributed by atoms with E-state index in [1.54, 1.807) is 0 Å². The van der Waals surface area contributed by atoms with Gasteiger partial charge in [0.15, 0.2) is 11.5 Å². The van der Waals surface area contributed by atoms with Crippen LogP contribution in [0.4, 0.5) is 11.4 Å². The first kappa shape index (κ1) is 26.9. The summed E-state index contributed by atoms with van der Waals surface area (Å²) >= 11 is 0. The fourth-order valence-corrected chi connectivity index (χ4v) is 6.27. The van der Waals surface area contributed by atoms with Gasteiger partial charge in [0.2, 0.25) is 0 Å². The smallest absolute Gasteiger partial charge is 0.161 e. The molecular weight excluding hydrogens is 504 g/mol. The van der Waals surface area contributed by atoms with Crippen LogP contribution in [0.1, 0.15) is 64.2 Å². The van der Waals surface area contributed by atoms with Crippen LogP contribution >= 0.6 is 0 Å². The van der Waals surface area contributed by atoms with Crippen molar-refractivity contribution in [3.8, 4) is 11.5 Å². The Morgan fingerprint density at radius 3 is 2.41 bits per heavy atom. The third-order valence-electron chi connectivity index (χ3n) is 8.08. The molecule has 0 fully saturated rings. The number of hydrogen-bond acceptors (Lipinski definition) is 4. The molecule has 1 N–H and O–H groups in total. The molecule has 0 saturated heterocycles. The molecule has 41 heavy (non-hydrogen) atoms. The third-order valence-corrected chi connectivity index (χ3v) is 8.08. The molecule has 6 rings (SSSR count). The van der Waals surface area contributed by atoms with Gasteiger partial charge in [-0.2, -0.15) is 0 Å². The maximum atomic E-state index is 6.15. The van der Waals surface area contributed by atoms with Gasteiger partial charge in [0.05, 0.1) is 18.3 Å². The van der Waals surface area contributed by atoms with Crippen molar-refractivity contribution in [3.63, 3.8) is 0 Å². The van der Waals surface area contributed by atoms with Crippen molar-refractivity contribution in [1.82, 2.24) is 0 Å². The SMILES string of the molecule is CCOc1cc(C=Nc2ccc([C@@H]3Nc4ccc(C)cc4[C@@H]4C=CC[C@H]43)cc2)ccc1OCc1cc(C)cc(C)c1. The molecule has 1 aliphatic heterocycles. The molecule has 0 spiro atoms. The van der Waals surface area contributed by atoms with Crippen LogP contribution < -0.4 is 14.8 Å². The van der Waals surface area contributed by atoms with Crippen LogP contribution in [-0.2, 0) is 6.61 Å². The number of fused-ring (bicyclic) bond motifs is 3. The molecule has 0 aromatic heterocycles. The second-order valence-corrected chi connectivity index (χ2v) is 11.3. The van der Waals surface area contributed by atoms with Gasteiger partial charge in [0.25, 0.3) is 0 Å². The number of rotatable bonds is 8. The summed E-state index contributed by atoms with van der Waals surface area (Å²) in [6.45, 7) is 9.45. The minimum absolute atomic E-state index is 0.285. The van der Waals surface area contributed by atoms with Crippen molar-refractivity contribution in [2.24, 2.45) is 10.9 Å². The van der Waals surface area contributed by atoms with Crippen molar-refractivity contribution in [2.75, 3.05) is 11.9 Å². The molecule has 208 valence electrons. The second kappa shape index (κ2) is 11.7. The van der Waals surface area contributed by atoms with Crippen molar-refractivity contribution >= 4 is 17.6 Å². The highest BCUT2D eigenvalue weighted by Gasteiger charge is 2.37. The van der Waals surface area contributed by atoms with Gasteiger partial charge in [0, 0.05) is 17.8 Å². The summed E-state index contributed by atoms with van der Waals surface area (Å²) in [7, 11) is 0. The number of aryl methyl sites for hydroxylation is 3. The molecule has 0 amide bonds. The van der Waals surface area contributed by atoms with E-state index in [4.69, 9.17) is 14.5 Å². The molecule has 4 aromatic rings. The van der Waals surface area contributed by atoms with Gasteiger partial charge in [0.1, 0.15) is 6.61 Å². The Labute approximate surface area is 243 Å². The van der Waals surface area contributed by atoms with E-state index in [0.717, 1.165) is 34.7 Å². The zero-order valence-corrected chi connectivity index (χ0v) is 24.4. The standard InChI is InChI=1S/C37H38N2O2/c1-5-40-36-21-27(10-16-35(36)41-23-28-18-25(3)17-26(4)19-28)22-38-30-13-11-29(12-14-30)37-32-8-6-7-31(32)33-20-24(2)9-15-34(33)39-37/h6-7,9-22,31-32,37,39H,5,8,23H2,1-4H3/t31-,32-,37+/m1/s1. The number of benzene rings is 4. The number of hydrogen-bond donors (Lipinski definition) is 1. The first-order valence-corrected chi connectivity index (χ1v) is 14.6. The van der Waals surface area contributed by atoms with E-state index in [-0.39, 0.29) is 6.04 Å². The van der Waals surface area contributed by atoms with Gasteiger partial charge in [-0.3, -0.25) is 4.99 Å². The molecule has 2 aliphatic rings. The van der Waals surface area contributed by atoms with Crippen molar-refractivity contribution in [2.45, 2.75) is 52.7 Å². The first-order valence-electron chi connectivity index (χ1n) is 14.6. The number of aliphatic imine (C=N–C) groups is 1. The molecule has 4 heteroatoms. The molecule has 4 nitrogen and oxygen atoms in total. The Morgan fingerprint density at radius 2 is 1.63 bits per heavy atom. The summed E-state index contributed by atoms with van der Waals surface area (Å²) in [6, 6.07) is 28.2. The number of nitrogens with one attached hydrogen (secondary N) is 1. The third kappa shape index (κ3) is 5.92. The van der Waals surface area contributed by atoms with Gasteiger partial charge in [-0.25, -0.2) is 0 Å². The summed E-state index contributed by atoms with van der Waals surface area (Å²) in [6.07, 6.45) is 7.73. The van der Waals surface area contributed by atoms with Crippen LogP contribution in [0, 0.1) is 26.7 Å². The van der Waals surface area contributed by atoms with E-state index in [9.17, 15) is 0 Å². The Kier molecular flexibility index (Phi) is 7.65. The zero-order chi connectivity index (χ0) is 28.3.